The molecule has 0 aromatic heterocycles. The molecule has 0 N–H and O–H groups in total. The van der Waals surface area contributed by atoms with Gasteiger partial charge >= 0.3 is 0 Å². The molecular formula is C24H50O4. The highest BCUT2D eigenvalue weighted by Gasteiger charge is 2.07. The van der Waals surface area contributed by atoms with Crippen LogP contribution in [0, 0.1) is 0 Å². The fourth-order valence-corrected chi connectivity index (χ4v) is 3.41. The van der Waals surface area contributed by atoms with E-state index in [9.17, 15) is 0 Å². The van der Waals surface area contributed by atoms with Crippen LogP contribution in [-0.4, -0.2) is 46.9 Å². The molecule has 0 heterocycles. The van der Waals surface area contributed by atoms with Crippen molar-refractivity contribution >= 4 is 0 Å². The Morgan fingerprint density at radius 3 is 1.39 bits per heavy atom. The quantitative estimate of drug-likeness (QED) is 0.130. The van der Waals surface area contributed by atoms with E-state index in [1.54, 1.807) is 14.2 Å². The van der Waals surface area contributed by atoms with Gasteiger partial charge in [-0.3, -0.25) is 0 Å². The second-order valence-electron chi connectivity index (χ2n) is 8.01. The third-order valence-corrected chi connectivity index (χ3v) is 5.28. The zero-order valence-corrected chi connectivity index (χ0v) is 19.4. The highest BCUT2D eigenvalue weighted by molar-refractivity contribution is 4.54. The summed E-state index contributed by atoms with van der Waals surface area (Å²) in [6, 6.07) is 0. The van der Waals surface area contributed by atoms with E-state index in [0.717, 1.165) is 13.0 Å². The van der Waals surface area contributed by atoms with Crippen LogP contribution < -0.4 is 0 Å². The van der Waals surface area contributed by atoms with Crippen molar-refractivity contribution in [2.24, 2.45) is 0 Å². The number of hydrogen-bond donors (Lipinski definition) is 0. The van der Waals surface area contributed by atoms with Crippen LogP contribution >= 0.6 is 0 Å². The maximum absolute atomic E-state index is 5.69. The van der Waals surface area contributed by atoms with Crippen LogP contribution in [0.15, 0.2) is 0 Å². The Morgan fingerprint density at radius 1 is 0.536 bits per heavy atom. The molecule has 0 spiro atoms. The van der Waals surface area contributed by atoms with E-state index in [1.807, 2.05) is 0 Å². The highest BCUT2D eigenvalue weighted by atomic mass is 16.7. The number of ether oxygens (including phenoxy) is 4. The minimum absolute atomic E-state index is 0.00351. The molecule has 0 aliphatic carbocycles. The predicted octanol–water partition coefficient (Wildman–Crippen LogP) is 6.90. The molecule has 0 radical (unpaired) electrons. The number of unbranched alkanes of at least 4 members (excludes halogenated alkanes) is 15. The van der Waals surface area contributed by atoms with Gasteiger partial charge in [0.05, 0.1) is 13.2 Å². The molecule has 0 amide bonds. The van der Waals surface area contributed by atoms with Crippen molar-refractivity contribution in [3.8, 4) is 0 Å². The number of methoxy groups -OCH3 is 2. The van der Waals surface area contributed by atoms with Gasteiger partial charge in [-0.25, -0.2) is 0 Å². The van der Waals surface area contributed by atoms with Gasteiger partial charge in [0.1, 0.15) is 12.9 Å². The Labute approximate surface area is 176 Å². The first kappa shape index (κ1) is 27.8. The first-order valence-electron chi connectivity index (χ1n) is 12.0. The van der Waals surface area contributed by atoms with Gasteiger partial charge in [0, 0.05) is 20.8 Å². The van der Waals surface area contributed by atoms with Crippen LogP contribution in [0.1, 0.15) is 110 Å². The molecule has 4 heteroatoms. The van der Waals surface area contributed by atoms with Crippen LogP contribution in [0.5, 0.6) is 0 Å². The Hall–Kier alpha value is -0.160. The van der Waals surface area contributed by atoms with Crippen molar-refractivity contribution in [3.05, 3.63) is 0 Å². The standard InChI is InChI=1S/C24H50O4/c1-4-5-6-7-8-9-10-11-12-13-14-15-16-17-18-19-20-27-21-24(26-3)22-28-23-25-2/h24H,4-23H2,1-3H3. The van der Waals surface area contributed by atoms with Gasteiger partial charge in [-0.15, -0.1) is 0 Å². The fourth-order valence-electron chi connectivity index (χ4n) is 3.41. The Balaban J connectivity index is 3.13. The third-order valence-electron chi connectivity index (χ3n) is 5.28. The lowest BCUT2D eigenvalue weighted by atomic mass is 10.0. The Kier molecular flexibility index (Phi) is 24.7. The molecule has 0 aromatic rings. The van der Waals surface area contributed by atoms with Crippen molar-refractivity contribution in [2.45, 2.75) is 116 Å². The van der Waals surface area contributed by atoms with E-state index in [4.69, 9.17) is 18.9 Å². The monoisotopic (exact) mass is 402 g/mol. The first-order chi connectivity index (χ1) is 13.8. The maximum atomic E-state index is 5.69. The van der Waals surface area contributed by atoms with Gasteiger partial charge in [0.25, 0.3) is 0 Å². The average Bonchev–Trinajstić information content (AvgIpc) is 2.71. The molecule has 0 saturated carbocycles. The molecule has 0 aliphatic heterocycles. The van der Waals surface area contributed by atoms with Gasteiger partial charge in [0.15, 0.2) is 0 Å². The maximum Gasteiger partial charge on any atom is 0.146 e. The van der Waals surface area contributed by atoms with E-state index in [2.05, 4.69) is 6.92 Å². The summed E-state index contributed by atoms with van der Waals surface area (Å²) in [4.78, 5) is 0. The largest absolute Gasteiger partial charge is 0.379 e. The minimum atomic E-state index is -0.00351. The lowest BCUT2D eigenvalue weighted by Crippen LogP contribution is -2.25. The summed E-state index contributed by atoms with van der Waals surface area (Å²) in [5, 5.41) is 0. The van der Waals surface area contributed by atoms with E-state index >= 15 is 0 Å². The average molecular weight is 403 g/mol. The lowest BCUT2D eigenvalue weighted by molar-refractivity contribution is -0.0889. The molecular weight excluding hydrogens is 352 g/mol. The van der Waals surface area contributed by atoms with Gasteiger partial charge in [-0.2, -0.15) is 0 Å². The minimum Gasteiger partial charge on any atom is -0.379 e. The molecule has 1 atom stereocenters. The number of hydrogen-bond acceptors (Lipinski definition) is 4. The van der Waals surface area contributed by atoms with Crippen molar-refractivity contribution in [1.29, 1.82) is 0 Å². The summed E-state index contributed by atoms with van der Waals surface area (Å²) >= 11 is 0. The molecule has 0 aromatic carbocycles. The molecule has 4 nitrogen and oxygen atoms in total. The van der Waals surface area contributed by atoms with Crippen molar-refractivity contribution in [3.63, 3.8) is 0 Å². The van der Waals surface area contributed by atoms with E-state index in [-0.39, 0.29) is 6.10 Å². The van der Waals surface area contributed by atoms with Crippen LogP contribution in [0.4, 0.5) is 0 Å². The molecule has 0 rings (SSSR count). The van der Waals surface area contributed by atoms with Crippen LogP contribution in [0.2, 0.25) is 0 Å². The summed E-state index contributed by atoms with van der Waals surface area (Å²) in [7, 11) is 3.31. The number of rotatable bonds is 24. The summed E-state index contributed by atoms with van der Waals surface area (Å²) in [6.45, 7) is 4.53. The Bertz CT molecular complexity index is 273. The van der Waals surface area contributed by atoms with Gasteiger partial charge in [0.2, 0.25) is 0 Å². The summed E-state index contributed by atoms with van der Waals surface area (Å²) < 4.78 is 21.2. The van der Waals surface area contributed by atoms with Crippen LogP contribution in [0.25, 0.3) is 0 Å². The summed E-state index contributed by atoms with van der Waals surface area (Å²) in [5.74, 6) is 0. The topological polar surface area (TPSA) is 36.9 Å². The molecule has 0 fully saturated rings. The zero-order valence-electron chi connectivity index (χ0n) is 19.4. The van der Waals surface area contributed by atoms with Crippen molar-refractivity contribution in [2.75, 3.05) is 40.8 Å². The van der Waals surface area contributed by atoms with Gasteiger partial charge in [-0.1, -0.05) is 103 Å². The van der Waals surface area contributed by atoms with Crippen molar-refractivity contribution in [1.82, 2.24) is 0 Å². The second kappa shape index (κ2) is 24.9. The Morgan fingerprint density at radius 2 is 0.964 bits per heavy atom. The SMILES string of the molecule is CCCCCCCCCCCCCCCCCCOCC(COCOC)OC. The molecule has 0 saturated heterocycles. The molecule has 1 unspecified atom stereocenters. The zero-order chi connectivity index (χ0) is 20.5. The third kappa shape index (κ3) is 22.1. The smallest absolute Gasteiger partial charge is 0.146 e. The molecule has 0 bridgehead atoms. The molecule has 0 aliphatic rings. The van der Waals surface area contributed by atoms with E-state index < -0.39 is 0 Å². The lowest BCUT2D eigenvalue weighted by Gasteiger charge is -2.15. The van der Waals surface area contributed by atoms with Gasteiger partial charge < -0.3 is 18.9 Å². The fraction of sp³-hybridized carbons (Fsp3) is 1.00. The summed E-state index contributed by atoms with van der Waals surface area (Å²) in [5.41, 5.74) is 0. The van der Waals surface area contributed by atoms with Crippen LogP contribution in [0.3, 0.4) is 0 Å². The second-order valence-corrected chi connectivity index (χ2v) is 8.01. The van der Waals surface area contributed by atoms with E-state index in [1.165, 1.54) is 96.3 Å². The first-order valence-corrected chi connectivity index (χ1v) is 12.0. The van der Waals surface area contributed by atoms with Gasteiger partial charge in [-0.05, 0) is 6.42 Å². The molecule has 170 valence electrons. The summed E-state index contributed by atoms with van der Waals surface area (Å²) in [6.07, 6.45) is 22.3. The van der Waals surface area contributed by atoms with E-state index in [0.29, 0.717) is 20.0 Å². The van der Waals surface area contributed by atoms with Crippen LogP contribution in [-0.2, 0) is 18.9 Å². The highest BCUT2D eigenvalue weighted by Crippen LogP contribution is 2.13. The predicted molar refractivity (Wildman–Crippen MR) is 119 cm³/mol. The normalized spacial score (nSPS) is 12.5. The molecule has 28 heavy (non-hydrogen) atoms. The van der Waals surface area contributed by atoms with Crippen molar-refractivity contribution < 1.29 is 18.9 Å².